The van der Waals surface area contributed by atoms with E-state index in [0.717, 1.165) is 21.5 Å². The highest BCUT2D eigenvalue weighted by atomic mass is 32.1. The summed E-state index contributed by atoms with van der Waals surface area (Å²) in [7, 11) is 0. The highest BCUT2D eigenvalue weighted by molar-refractivity contribution is 7.13. The zero-order valence-corrected chi connectivity index (χ0v) is 11.0. The van der Waals surface area contributed by atoms with Crippen molar-refractivity contribution in [3.8, 4) is 6.07 Å². The van der Waals surface area contributed by atoms with Crippen LogP contribution in [0.25, 0.3) is 5.57 Å². The van der Waals surface area contributed by atoms with Crippen LogP contribution in [-0.4, -0.2) is 9.97 Å². The maximum Gasteiger partial charge on any atom is 0.186 e. The number of aromatic nitrogens is 2. The Kier molecular flexibility index (Phi) is 3.52. The average Bonchev–Trinajstić information content (AvgIpc) is 2.89. The normalized spacial score (nSPS) is 11.2. The predicted molar refractivity (Wildman–Crippen MR) is 70.9 cm³/mol. The molecule has 1 N–H and O–H groups in total. The van der Waals surface area contributed by atoms with Crippen LogP contribution in [0, 0.1) is 25.2 Å². The van der Waals surface area contributed by atoms with Gasteiger partial charge in [-0.2, -0.15) is 5.26 Å². The molecule has 6 heteroatoms. The minimum atomic E-state index is 0.524. The van der Waals surface area contributed by atoms with Crippen LogP contribution in [0.4, 0.5) is 5.13 Å². The van der Waals surface area contributed by atoms with Gasteiger partial charge in [0.1, 0.15) is 16.6 Å². The summed E-state index contributed by atoms with van der Waals surface area (Å²) in [5, 5.41) is 17.5. The molecule has 0 spiro atoms. The maximum atomic E-state index is 9.06. The first kappa shape index (κ1) is 11.8. The summed E-state index contributed by atoms with van der Waals surface area (Å²) in [6.07, 6.45) is 1.65. The number of nitrogens with zero attached hydrogens (tertiary/aromatic N) is 3. The van der Waals surface area contributed by atoms with Gasteiger partial charge in [-0.25, -0.2) is 9.97 Å². The summed E-state index contributed by atoms with van der Waals surface area (Å²) in [5.74, 6) is 0. The number of allylic oxidation sites excluding steroid dienone is 1. The average molecular weight is 262 g/mol. The van der Waals surface area contributed by atoms with Gasteiger partial charge >= 0.3 is 0 Å². The van der Waals surface area contributed by atoms with E-state index in [4.69, 9.17) is 5.26 Å². The molecule has 17 heavy (non-hydrogen) atoms. The Bertz CT molecular complexity index is 589. The molecule has 2 heterocycles. The van der Waals surface area contributed by atoms with Crippen LogP contribution < -0.4 is 5.32 Å². The number of hydrogen-bond donors (Lipinski definition) is 1. The topological polar surface area (TPSA) is 61.6 Å². The van der Waals surface area contributed by atoms with E-state index in [0.29, 0.717) is 5.57 Å². The van der Waals surface area contributed by atoms with Crippen LogP contribution in [0.1, 0.15) is 16.4 Å². The molecular weight excluding hydrogens is 252 g/mol. The van der Waals surface area contributed by atoms with Crippen LogP contribution in [0.2, 0.25) is 0 Å². The van der Waals surface area contributed by atoms with Gasteiger partial charge in [-0.15, -0.1) is 22.7 Å². The number of thiazole rings is 2. The quantitative estimate of drug-likeness (QED) is 0.863. The molecule has 0 saturated carbocycles. The lowest BCUT2D eigenvalue weighted by molar-refractivity contribution is 1.24. The summed E-state index contributed by atoms with van der Waals surface area (Å²) >= 11 is 2.97. The Hall–Kier alpha value is -1.71. The van der Waals surface area contributed by atoms with Crippen molar-refractivity contribution in [3.05, 3.63) is 33.4 Å². The van der Waals surface area contributed by atoms with E-state index in [1.807, 2.05) is 24.6 Å². The molecule has 86 valence electrons. The first-order chi connectivity index (χ1) is 8.19. The highest BCUT2D eigenvalue weighted by Crippen LogP contribution is 2.20. The fraction of sp³-hybridized carbons (Fsp3) is 0.182. The number of anilines is 1. The predicted octanol–water partition coefficient (Wildman–Crippen LogP) is 3.19. The number of nitriles is 1. The first-order valence-corrected chi connectivity index (χ1v) is 6.66. The van der Waals surface area contributed by atoms with Crippen molar-refractivity contribution in [1.82, 2.24) is 9.97 Å². The standard InChI is InChI=1S/C11H10N4S2/c1-7-5-16-10(14-7)9(3-12)4-13-11-15-8(2)6-17-11/h4-6H,1-2H3,(H,13,15)/b9-4+. The van der Waals surface area contributed by atoms with Crippen LogP contribution in [0.3, 0.4) is 0 Å². The molecule has 0 atom stereocenters. The Balaban J connectivity index is 2.17. The summed E-state index contributed by atoms with van der Waals surface area (Å²) in [4.78, 5) is 8.52. The molecule has 0 amide bonds. The van der Waals surface area contributed by atoms with Crippen LogP contribution in [-0.2, 0) is 0 Å². The molecule has 2 aromatic heterocycles. The fourth-order valence-corrected chi connectivity index (χ4v) is 2.60. The third-order valence-corrected chi connectivity index (χ3v) is 3.81. The molecule has 0 bridgehead atoms. The second-order valence-electron chi connectivity index (χ2n) is 3.40. The second kappa shape index (κ2) is 5.08. The van der Waals surface area contributed by atoms with Gasteiger partial charge in [-0.05, 0) is 13.8 Å². The maximum absolute atomic E-state index is 9.06. The highest BCUT2D eigenvalue weighted by Gasteiger charge is 2.05. The lowest BCUT2D eigenvalue weighted by Crippen LogP contribution is -1.90. The van der Waals surface area contributed by atoms with E-state index in [-0.39, 0.29) is 0 Å². The van der Waals surface area contributed by atoms with Gasteiger partial charge in [0.05, 0.1) is 5.69 Å². The van der Waals surface area contributed by atoms with Crippen molar-refractivity contribution < 1.29 is 0 Å². The van der Waals surface area contributed by atoms with Crippen molar-refractivity contribution in [2.45, 2.75) is 13.8 Å². The molecule has 0 aliphatic carbocycles. The van der Waals surface area contributed by atoms with Crippen LogP contribution >= 0.6 is 22.7 Å². The molecule has 0 unspecified atom stereocenters. The molecule has 0 aromatic carbocycles. The number of nitrogens with one attached hydrogen (secondary N) is 1. The van der Waals surface area contributed by atoms with Crippen LogP contribution in [0.5, 0.6) is 0 Å². The Morgan fingerprint density at radius 3 is 2.53 bits per heavy atom. The van der Waals surface area contributed by atoms with Gasteiger partial charge in [-0.1, -0.05) is 0 Å². The molecule has 2 aromatic rings. The van der Waals surface area contributed by atoms with Crippen molar-refractivity contribution in [1.29, 1.82) is 5.26 Å². The summed E-state index contributed by atoms with van der Waals surface area (Å²) in [6, 6.07) is 2.13. The van der Waals surface area contributed by atoms with Crippen molar-refractivity contribution >= 4 is 33.4 Å². The molecule has 0 radical (unpaired) electrons. The largest absolute Gasteiger partial charge is 0.337 e. The van der Waals surface area contributed by atoms with Gasteiger partial charge < -0.3 is 5.32 Å². The lowest BCUT2D eigenvalue weighted by Gasteiger charge is -1.95. The molecule has 0 fully saturated rings. The molecule has 0 aliphatic rings. The molecule has 2 rings (SSSR count). The molecule has 4 nitrogen and oxygen atoms in total. The molecular formula is C11H10N4S2. The van der Waals surface area contributed by atoms with E-state index in [2.05, 4.69) is 21.4 Å². The third kappa shape index (κ3) is 2.90. The smallest absolute Gasteiger partial charge is 0.186 e. The number of hydrogen-bond acceptors (Lipinski definition) is 6. The summed E-state index contributed by atoms with van der Waals surface area (Å²) in [5.41, 5.74) is 2.42. The van der Waals surface area contributed by atoms with E-state index in [9.17, 15) is 0 Å². The van der Waals surface area contributed by atoms with E-state index >= 15 is 0 Å². The number of aryl methyl sites for hydroxylation is 2. The second-order valence-corrected chi connectivity index (χ2v) is 5.12. The minimum Gasteiger partial charge on any atom is -0.337 e. The zero-order valence-electron chi connectivity index (χ0n) is 9.39. The van der Waals surface area contributed by atoms with Crippen molar-refractivity contribution in [2.75, 3.05) is 5.32 Å². The van der Waals surface area contributed by atoms with Crippen LogP contribution in [0.15, 0.2) is 17.0 Å². The lowest BCUT2D eigenvalue weighted by atomic mass is 10.3. The van der Waals surface area contributed by atoms with Crippen molar-refractivity contribution in [2.24, 2.45) is 0 Å². The van der Waals surface area contributed by atoms with Gasteiger partial charge in [0.25, 0.3) is 0 Å². The Labute approximate surface area is 107 Å². The Morgan fingerprint density at radius 1 is 1.29 bits per heavy atom. The summed E-state index contributed by atoms with van der Waals surface area (Å²) < 4.78 is 0. The Morgan fingerprint density at radius 2 is 2.00 bits per heavy atom. The fourth-order valence-electron chi connectivity index (χ4n) is 1.17. The third-order valence-electron chi connectivity index (χ3n) is 1.93. The van der Waals surface area contributed by atoms with Gasteiger partial charge in [0.2, 0.25) is 0 Å². The SMILES string of the molecule is Cc1csc(N/C=C(\C#N)c2nc(C)cs2)n1. The summed E-state index contributed by atoms with van der Waals surface area (Å²) in [6.45, 7) is 3.84. The van der Waals surface area contributed by atoms with E-state index < -0.39 is 0 Å². The van der Waals surface area contributed by atoms with Gasteiger partial charge in [0.15, 0.2) is 5.13 Å². The van der Waals surface area contributed by atoms with Gasteiger partial charge in [-0.3, -0.25) is 0 Å². The first-order valence-electron chi connectivity index (χ1n) is 4.90. The number of rotatable bonds is 3. The molecule has 0 saturated heterocycles. The van der Waals surface area contributed by atoms with Gasteiger partial charge in [0, 0.05) is 22.7 Å². The zero-order chi connectivity index (χ0) is 12.3. The molecule has 0 aliphatic heterocycles. The van der Waals surface area contributed by atoms with Crippen molar-refractivity contribution in [3.63, 3.8) is 0 Å². The van der Waals surface area contributed by atoms with E-state index in [1.54, 1.807) is 6.20 Å². The van der Waals surface area contributed by atoms with E-state index in [1.165, 1.54) is 22.7 Å². The minimum absolute atomic E-state index is 0.524. The monoisotopic (exact) mass is 262 g/mol.